The van der Waals surface area contributed by atoms with E-state index in [2.05, 4.69) is 5.32 Å². The first-order chi connectivity index (χ1) is 9.08. The van der Waals surface area contributed by atoms with Gasteiger partial charge in [-0.2, -0.15) is 0 Å². The molecule has 0 spiro atoms. The summed E-state index contributed by atoms with van der Waals surface area (Å²) in [5.74, 6) is -1.28. The minimum atomic E-state index is -0.964. The van der Waals surface area contributed by atoms with E-state index in [1.165, 1.54) is 12.1 Å². The molecule has 0 bridgehead atoms. The first-order valence-electron chi connectivity index (χ1n) is 5.89. The summed E-state index contributed by atoms with van der Waals surface area (Å²) < 4.78 is 13.1. The SMILES string of the molecule is Cc1ccc(F)cc1NCc1ccccc1C(=O)O. The van der Waals surface area contributed by atoms with Gasteiger partial charge in [-0.3, -0.25) is 0 Å². The summed E-state index contributed by atoms with van der Waals surface area (Å²) in [5, 5.41) is 12.1. The molecule has 0 saturated carbocycles. The van der Waals surface area contributed by atoms with Gasteiger partial charge >= 0.3 is 5.97 Å². The molecule has 19 heavy (non-hydrogen) atoms. The molecule has 2 aromatic rings. The molecule has 2 N–H and O–H groups in total. The lowest BCUT2D eigenvalue weighted by Crippen LogP contribution is -2.07. The fourth-order valence-corrected chi connectivity index (χ4v) is 1.86. The van der Waals surface area contributed by atoms with Crippen molar-refractivity contribution in [3.8, 4) is 0 Å². The summed E-state index contributed by atoms with van der Waals surface area (Å²) in [7, 11) is 0. The van der Waals surface area contributed by atoms with E-state index in [1.807, 2.05) is 6.92 Å². The van der Waals surface area contributed by atoms with Crippen molar-refractivity contribution < 1.29 is 14.3 Å². The smallest absolute Gasteiger partial charge is 0.336 e. The second-order valence-electron chi connectivity index (χ2n) is 4.28. The van der Waals surface area contributed by atoms with E-state index in [-0.39, 0.29) is 11.4 Å². The van der Waals surface area contributed by atoms with E-state index in [4.69, 9.17) is 5.11 Å². The number of benzene rings is 2. The van der Waals surface area contributed by atoms with Gasteiger partial charge < -0.3 is 10.4 Å². The van der Waals surface area contributed by atoms with Crippen LogP contribution in [-0.2, 0) is 6.54 Å². The molecule has 0 atom stereocenters. The van der Waals surface area contributed by atoms with Crippen molar-refractivity contribution in [2.24, 2.45) is 0 Å². The Hall–Kier alpha value is -2.36. The summed E-state index contributed by atoms with van der Waals surface area (Å²) in [6.07, 6.45) is 0. The maximum Gasteiger partial charge on any atom is 0.336 e. The lowest BCUT2D eigenvalue weighted by Gasteiger charge is -2.11. The second-order valence-corrected chi connectivity index (χ2v) is 4.28. The zero-order valence-corrected chi connectivity index (χ0v) is 10.5. The highest BCUT2D eigenvalue weighted by Crippen LogP contribution is 2.18. The third kappa shape index (κ3) is 3.10. The number of carboxylic acid groups (broad SMARTS) is 1. The minimum Gasteiger partial charge on any atom is -0.478 e. The van der Waals surface area contributed by atoms with Crippen molar-refractivity contribution >= 4 is 11.7 Å². The van der Waals surface area contributed by atoms with Crippen LogP contribution in [0.4, 0.5) is 10.1 Å². The van der Waals surface area contributed by atoms with E-state index < -0.39 is 5.97 Å². The average Bonchev–Trinajstić information content (AvgIpc) is 2.40. The van der Waals surface area contributed by atoms with Crippen LogP contribution >= 0.6 is 0 Å². The van der Waals surface area contributed by atoms with Gasteiger partial charge in [0.05, 0.1) is 5.56 Å². The van der Waals surface area contributed by atoms with Crippen LogP contribution in [0.25, 0.3) is 0 Å². The van der Waals surface area contributed by atoms with Crippen molar-refractivity contribution in [1.82, 2.24) is 0 Å². The Labute approximate surface area is 110 Å². The molecule has 0 aliphatic rings. The van der Waals surface area contributed by atoms with Gasteiger partial charge in [0.15, 0.2) is 0 Å². The molecule has 2 rings (SSSR count). The predicted molar refractivity (Wildman–Crippen MR) is 71.9 cm³/mol. The third-order valence-electron chi connectivity index (χ3n) is 2.92. The largest absolute Gasteiger partial charge is 0.478 e. The van der Waals surface area contributed by atoms with Crippen molar-refractivity contribution in [2.45, 2.75) is 13.5 Å². The molecule has 0 fully saturated rings. The molecule has 0 saturated heterocycles. The van der Waals surface area contributed by atoms with Crippen LogP contribution in [0.3, 0.4) is 0 Å². The molecule has 4 heteroatoms. The van der Waals surface area contributed by atoms with Gasteiger partial charge in [-0.25, -0.2) is 9.18 Å². The lowest BCUT2D eigenvalue weighted by molar-refractivity contribution is 0.0696. The summed E-state index contributed by atoms with van der Waals surface area (Å²) >= 11 is 0. The fraction of sp³-hybridized carbons (Fsp3) is 0.133. The first kappa shape index (κ1) is 13.1. The predicted octanol–water partition coefficient (Wildman–Crippen LogP) is 3.44. The molecule has 0 aromatic heterocycles. The maximum atomic E-state index is 13.1. The molecule has 0 aliphatic carbocycles. The van der Waals surface area contributed by atoms with E-state index in [0.29, 0.717) is 17.8 Å². The van der Waals surface area contributed by atoms with Gasteiger partial charge in [0.2, 0.25) is 0 Å². The van der Waals surface area contributed by atoms with Crippen LogP contribution < -0.4 is 5.32 Å². The number of nitrogens with one attached hydrogen (secondary N) is 1. The number of hydrogen-bond acceptors (Lipinski definition) is 2. The second kappa shape index (κ2) is 5.52. The molecule has 3 nitrogen and oxygen atoms in total. The highest BCUT2D eigenvalue weighted by atomic mass is 19.1. The summed E-state index contributed by atoms with van der Waals surface area (Å²) in [4.78, 5) is 11.1. The zero-order valence-electron chi connectivity index (χ0n) is 10.5. The van der Waals surface area contributed by atoms with Crippen molar-refractivity contribution in [1.29, 1.82) is 0 Å². The molecule has 0 heterocycles. The molecule has 0 aliphatic heterocycles. The number of anilines is 1. The molecule has 0 amide bonds. The first-order valence-corrected chi connectivity index (χ1v) is 5.89. The quantitative estimate of drug-likeness (QED) is 0.884. The fourth-order valence-electron chi connectivity index (χ4n) is 1.86. The van der Waals surface area contributed by atoms with Crippen LogP contribution in [0.5, 0.6) is 0 Å². The zero-order chi connectivity index (χ0) is 13.8. The van der Waals surface area contributed by atoms with Gasteiger partial charge in [-0.1, -0.05) is 24.3 Å². The Kier molecular flexibility index (Phi) is 3.80. The minimum absolute atomic E-state index is 0.254. The molecular formula is C15H14FNO2. The number of carboxylic acids is 1. The number of halogens is 1. The van der Waals surface area contributed by atoms with Crippen molar-refractivity contribution in [3.63, 3.8) is 0 Å². The molecule has 2 aromatic carbocycles. The number of hydrogen-bond donors (Lipinski definition) is 2. The number of aryl methyl sites for hydroxylation is 1. The molecule has 0 radical (unpaired) electrons. The van der Waals surface area contributed by atoms with E-state index in [1.54, 1.807) is 30.3 Å². The van der Waals surface area contributed by atoms with Crippen LogP contribution in [0.15, 0.2) is 42.5 Å². The number of carbonyl (C=O) groups is 1. The summed E-state index contributed by atoms with van der Waals surface area (Å²) in [6.45, 7) is 2.21. The van der Waals surface area contributed by atoms with Gasteiger partial charge in [0, 0.05) is 12.2 Å². The van der Waals surface area contributed by atoms with Crippen LogP contribution in [-0.4, -0.2) is 11.1 Å². The molecule has 0 unspecified atom stereocenters. The highest BCUT2D eigenvalue weighted by molar-refractivity contribution is 5.89. The summed E-state index contributed by atoms with van der Waals surface area (Å²) in [6, 6.07) is 11.2. The highest BCUT2D eigenvalue weighted by Gasteiger charge is 2.09. The lowest BCUT2D eigenvalue weighted by atomic mass is 10.1. The maximum absolute atomic E-state index is 13.1. The van der Waals surface area contributed by atoms with Crippen molar-refractivity contribution in [2.75, 3.05) is 5.32 Å². The topological polar surface area (TPSA) is 49.3 Å². The third-order valence-corrected chi connectivity index (χ3v) is 2.92. The van der Waals surface area contributed by atoms with Crippen LogP contribution in [0, 0.1) is 12.7 Å². The van der Waals surface area contributed by atoms with E-state index >= 15 is 0 Å². The Balaban J connectivity index is 2.19. The molecular weight excluding hydrogens is 245 g/mol. The Morgan fingerprint density at radius 2 is 2.00 bits per heavy atom. The standard InChI is InChI=1S/C15H14FNO2/c1-10-6-7-12(16)8-14(10)17-9-11-4-2-3-5-13(11)15(18)19/h2-8,17H,9H2,1H3,(H,18,19). The summed E-state index contributed by atoms with van der Waals surface area (Å²) in [5.41, 5.74) is 2.50. The Morgan fingerprint density at radius 1 is 1.26 bits per heavy atom. The van der Waals surface area contributed by atoms with Crippen molar-refractivity contribution in [3.05, 3.63) is 65.0 Å². The Morgan fingerprint density at radius 3 is 2.74 bits per heavy atom. The van der Waals surface area contributed by atoms with Gasteiger partial charge in [0.25, 0.3) is 0 Å². The van der Waals surface area contributed by atoms with Crippen LogP contribution in [0.2, 0.25) is 0 Å². The van der Waals surface area contributed by atoms with Gasteiger partial charge in [0.1, 0.15) is 5.82 Å². The van der Waals surface area contributed by atoms with E-state index in [0.717, 1.165) is 5.56 Å². The van der Waals surface area contributed by atoms with Crippen LogP contribution in [0.1, 0.15) is 21.5 Å². The van der Waals surface area contributed by atoms with Gasteiger partial charge in [-0.05, 0) is 36.2 Å². The number of aromatic carboxylic acids is 1. The average molecular weight is 259 g/mol. The van der Waals surface area contributed by atoms with Gasteiger partial charge in [-0.15, -0.1) is 0 Å². The molecule has 98 valence electrons. The Bertz CT molecular complexity index is 611. The van der Waals surface area contributed by atoms with E-state index in [9.17, 15) is 9.18 Å². The monoisotopic (exact) mass is 259 g/mol. The number of rotatable bonds is 4. The normalized spacial score (nSPS) is 10.2.